The molecule has 35 heavy (non-hydrogen) atoms. The Hall–Kier alpha value is -3.37. The molecule has 1 N–H and O–H groups in total. The zero-order valence-electron chi connectivity index (χ0n) is 19.9. The van der Waals surface area contributed by atoms with E-state index < -0.39 is 0 Å². The highest BCUT2D eigenvalue weighted by molar-refractivity contribution is 8.01. The Morgan fingerprint density at radius 1 is 1.29 bits per heavy atom. The molecule has 2 aromatic heterocycles. The molecule has 0 radical (unpaired) electrons. The van der Waals surface area contributed by atoms with E-state index in [1.165, 1.54) is 17.4 Å². The highest BCUT2D eigenvalue weighted by Crippen LogP contribution is 2.39. The summed E-state index contributed by atoms with van der Waals surface area (Å²) in [4.78, 5) is 38.7. The molecule has 1 atom stereocenters. The zero-order valence-corrected chi connectivity index (χ0v) is 21.5. The standard InChI is InChI=1S/C25H27N5O3S2/c1-5-22(31)29-10-11-30(17(3)15-29)24(32)18-13-20(16(2)12-19(18)33-4)34-23-14-27-25(35-23)28-21-8-6-7-9-26-21/h5-9,12-14,17H,1,10-11,15H2,2-4H3,(H,26,27,28). The van der Waals surface area contributed by atoms with Crippen molar-refractivity contribution in [1.29, 1.82) is 0 Å². The molecule has 0 aliphatic carbocycles. The smallest absolute Gasteiger partial charge is 0.258 e. The van der Waals surface area contributed by atoms with Gasteiger partial charge in [-0.2, -0.15) is 0 Å². The van der Waals surface area contributed by atoms with Crippen molar-refractivity contribution in [2.75, 3.05) is 32.1 Å². The molecule has 2 amide bonds. The van der Waals surface area contributed by atoms with Gasteiger partial charge in [-0.3, -0.25) is 9.59 Å². The second-order valence-corrected chi connectivity index (χ2v) is 10.5. The summed E-state index contributed by atoms with van der Waals surface area (Å²) in [6, 6.07) is 9.32. The largest absolute Gasteiger partial charge is 0.496 e. The number of aromatic nitrogens is 2. The van der Waals surface area contributed by atoms with Crippen LogP contribution in [0.15, 0.2) is 64.5 Å². The van der Waals surface area contributed by atoms with Crippen molar-refractivity contribution >= 4 is 45.9 Å². The minimum atomic E-state index is -0.121. The molecule has 1 fully saturated rings. The Morgan fingerprint density at radius 3 is 2.80 bits per heavy atom. The van der Waals surface area contributed by atoms with E-state index in [1.54, 1.807) is 34.9 Å². The van der Waals surface area contributed by atoms with Crippen molar-refractivity contribution in [1.82, 2.24) is 19.8 Å². The molecule has 10 heteroatoms. The predicted octanol–water partition coefficient (Wildman–Crippen LogP) is 4.61. The molecule has 0 bridgehead atoms. The molecule has 182 valence electrons. The summed E-state index contributed by atoms with van der Waals surface area (Å²) >= 11 is 3.07. The van der Waals surface area contributed by atoms with E-state index in [4.69, 9.17) is 4.74 Å². The molecule has 1 saturated heterocycles. The van der Waals surface area contributed by atoms with Crippen LogP contribution >= 0.6 is 23.1 Å². The average molecular weight is 510 g/mol. The number of ether oxygens (including phenoxy) is 1. The number of rotatable bonds is 7. The molecule has 1 aromatic carbocycles. The van der Waals surface area contributed by atoms with Crippen molar-refractivity contribution in [3.63, 3.8) is 0 Å². The normalized spacial score (nSPS) is 15.6. The van der Waals surface area contributed by atoms with Gasteiger partial charge in [0.05, 0.1) is 23.1 Å². The van der Waals surface area contributed by atoms with Crippen LogP contribution in [-0.4, -0.2) is 64.4 Å². The summed E-state index contributed by atoms with van der Waals surface area (Å²) in [6.45, 7) is 8.90. The second kappa shape index (κ2) is 10.9. The molecule has 0 saturated carbocycles. The van der Waals surface area contributed by atoms with Crippen LogP contribution in [0, 0.1) is 6.92 Å². The van der Waals surface area contributed by atoms with E-state index in [9.17, 15) is 9.59 Å². The van der Waals surface area contributed by atoms with Crippen LogP contribution in [0.2, 0.25) is 0 Å². The van der Waals surface area contributed by atoms with Crippen LogP contribution in [0.4, 0.5) is 10.9 Å². The van der Waals surface area contributed by atoms with Crippen molar-refractivity contribution in [2.45, 2.75) is 29.0 Å². The van der Waals surface area contributed by atoms with Gasteiger partial charge in [0, 0.05) is 36.8 Å². The van der Waals surface area contributed by atoms with E-state index in [-0.39, 0.29) is 17.9 Å². The average Bonchev–Trinajstić information content (AvgIpc) is 3.31. The minimum absolute atomic E-state index is 0.108. The van der Waals surface area contributed by atoms with E-state index in [1.807, 2.05) is 50.4 Å². The number of amides is 2. The molecule has 0 spiro atoms. The predicted molar refractivity (Wildman–Crippen MR) is 139 cm³/mol. The maximum Gasteiger partial charge on any atom is 0.258 e. The molecular formula is C25H27N5O3S2. The van der Waals surface area contributed by atoms with E-state index in [0.29, 0.717) is 30.9 Å². The van der Waals surface area contributed by atoms with Gasteiger partial charge in [0.2, 0.25) is 5.91 Å². The minimum Gasteiger partial charge on any atom is -0.496 e. The number of nitrogens with zero attached hydrogens (tertiary/aromatic N) is 4. The van der Waals surface area contributed by atoms with Crippen molar-refractivity contribution in [3.8, 4) is 5.75 Å². The fourth-order valence-corrected chi connectivity index (χ4v) is 5.82. The number of nitrogens with one attached hydrogen (secondary N) is 1. The Balaban J connectivity index is 1.53. The maximum absolute atomic E-state index is 13.5. The summed E-state index contributed by atoms with van der Waals surface area (Å²) < 4.78 is 6.55. The third-order valence-electron chi connectivity index (χ3n) is 5.70. The van der Waals surface area contributed by atoms with Crippen LogP contribution < -0.4 is 10.1 Å². The quantitative estimate of drug-likeness (QED) is 0.466. The van der Waals surface area contributed by atoms with Gasteiger partial charge in [0.1, 0.15) is 11.6 Å². The number of thiazole rings is 1. The number of methoxy groups -OCH3 is 1. The van der Waals surface area contributed by atoms with Gasteiger partial charge in [0.25, 0.3) is 5.91 Å². The molecule has 1 aliphatic heterocycles. The SMILES string of the molecule is C=CC(=O)N1CCN(C(=O)c2cc(Sc3cnc(Nc4ccccn4)s3)c(C)cc2OC)C(C)C1. The summed E-state index contributed by atoms with van der Waals surface area (Å²) in [5.74, 6) is 1.05. The van der Waals surface area contributed by atoms with E-state index in [2.05, 4.69) is 21.9 Å². The lowest BCUT2D eigenvalue weighted by atomic mass is 10.1. The first-order valence-electron chi connectivity index (χ1n) is 11.1. The van der Waals surface area contributed by atoms with Gasteiger partial charge in [-0.15, -0.1) is 0 Å². The summed E-state index contributed by atoms with van der Waals surface area (Å²) in [5.41, 5.74) is 1.51. The molecule has 3 aromatic rings. The van der Waals surface area contributed by atoms with Gasteiger partial charge < -0.3 is 19.9 Å². The summed E-state index contributed by atoms with van der Waals surface area (Å²) in [7, 11) is 1.57. The molecular weight excluding hydrogens is 482 g/mol. The fourth-order valence-electron chi connectivity index (χ4n) is 3.87. The maximum atomic E-state index is 13.5. The lowest BCUT2D eigenvalue weighted by Crippen LogP contribution is -2.55. The number of carbonyl (C=O) groups is 2. The van der Waals surface area contributed by atoms with Crippen LogP contribution in [0.5, 0.6) is 5.75 Å². The van der Waals surface area contributed by atoms with Gasteiger partial charge in [-0.25, -0.2) is 9.97 Å². The Morgan fingerprint density at radius 2 is 2.11 bits per heavy atom. The highest BCUT2D eigenvalue weighted by Gasteiger charge is 2.31. The van der Waals surface area contributed by atoms with Crippen molar-refractivity contribution in [2.24, 2.45) is 0 Å². The number of hydrogen-bond donors (Lipinski definition) is 1. The number of aryl methyl sites for hydroxylation is 1. The fraction of sp³-hybridized carbons (Fsp3) is 0.280. The third-order valence-corrected chi connectivity index (χ3v) is 7.87. The summed E-state index contributed by atoms with van der Waals surface area (Å²) in [5, 5.41) is 3.95. The second-order valence-electron chi connectivity index (χ2n) is 8.08. The molecule has 4 rings (SSSR count). The molecule has 8 nitrogen and oxygen atoms in total. The Labute approximate surface area is 213 Å². The van der Waals surface area contributed by atoms with E-state index >= 15 is 0 Å². The first-order chi connectivity index (χ1) is 16.9. The monoisotopic (exact) mass is 509 g/mol. The van der Waals surface area contributed by atoms with Gasteiger partial charge in [-0.1, -0.05) is 35.7 Å². The van der Waals surface area contributed by atoms with Gasteiger partial charge in [-0.05, 0) is 49.8 Å². The lowest BCUT2D eigenvalue weighted by Gasteiger charge is -2.39. The van der Waals surface area contributed by atoms with Crippen LogP contribution in [0.1, 0.15) is 22.8 Å². The number of piperazine rings is 1. The van der Waals surface area contributed by atoms with Crippen LogP contribution in [-0.2, 0) is 4.79 Å². The van der Waals surface area contributed by atoms with Crippen molar-refractivity contribution in [3.05, 3.63) is 66.5 Å². The Bertz CT molecular complexity index is 1230. The molecule has 3 heterocycles. The lowest BCUT2D eigenvalue weighted by molar-refractivity contribution is -0.128. The zero-order chi connectivity index (χ0) is 24.9. The number of carbonyl (C=O) groups excluding carboxylic acids is 2. The van der Waals surface area contributed by atoms with Crippen LogP contribution in [0.25, 0.3) is 0 Å². The number of hydrogen-bond acceptors (Lipinski definition) is 8. The number of anilines is 2. The van der Waals surface area contributed by atoms with Crippen LogP contribution in [0.3, 0.4) is 0 Å². The van der Waals surface area contributed by atoms with Gasteiger partial charge in [0.15, 0.2) is 5.13 Å². The third kappa shape index (κ3) is 5.66. The molecule has 1 aliphatic rings. The highest BCUT2D eigenvalue weighted by atomic mass is 32.2. The van der Waals surface area contributed by atoms with E-state index in [0.717, 1.165) is 25.6 Å². The first-order valence-corrected chi connectivity index (χ1v) is 12.8. The molecule has 1 unspecified atom stereocenters. The van der Waals surface area contributed by atoms with Crippen molar-refractivity contribution < 1.29 is 14.3 Å². The Kier molecular flexibility index (Phi) is 7.72. The number of benzene rings is 1. The number of pyridine rings is 1. The first kappa shape index (κ1) is 24.7. The topological polar surface area (TPSA) is 87.7 Å². The summed E-state index contributed by atoms with van der Waals surface area (Å²) in [6.07, 6.45) is 4.85. The van der Waals surface area contributed by atoms with Gasteiger partial charge >= 0.3 is 0 Å².